The van der Waals surface area contributed by atoms with Crippen LogP contribution in [0.15, 0.2) is 47.8 Å². The van der Waals surface area contributed by atoms with Gasteiger partial charge in [-0.1, -0.05) is 30.3 Å². The lowest BCUT2D eigenvalue weighted by Gasteiger charge is -2.31. The van der Waals surface area contributed by atoms with Gasteiger partial charge in [0.1, 0.15) is 11.5 Å². The lowest BCUT2D eigenvalue weighted by Crippen LogP contribution is -2.37. The lowest BCUT2D eigenvalue weighted by atomic mass is 10.1. The van der Waals surface area contributed by atoms with Gasteiger partial charge in [0.05, 0.1) is 0 Å². The molecule has 5 rings (SSSR count). The van der Waals surface area contributed by atoms with Crippen LogP contribution in [0.5, 0.6) is 0 Å². The maximum atomic E-state index is 11.2. The lowest BCUT2D eigenvalue weighted by molar-refractivity contribution is 0.0691. The van der Waals surface area contributed by atoms with E-state index in [1.165, 1.54) is 23.1 Å². The van der Waals surface area contributed by atoms with E-state index in [1.807, 2.05) is 42.5 Å². The van der Waals surface area contributed by atoms with Gasteiger partial charge < -0.3 is 10.0 Å². The van der Waals surface area contributed by atoms with Gasteiger partial charge in [0.25, 0.3) is 0 Å². The van der Waals surface area contributed by atoms with Gasteiger partial charge in [0.15, 0.2) is 11.3 Å². The number of hydrogen-bond donors (Lipinski definition) is 1. The minimum Gasteiger partial charge on any atom is -0.476 e. The van der Waals surface area contributed by atoms with E-state index in [0.29, 0.717) is 10.8 Å². The molecule has 1 aliphatic rings. The molecule has 1 aromatic carbocycles. The predicted molar refractivity (Wildman–Crippen MR) is 104 cm³/mol. The Kier molecular flexibility index (Phi) is 3.64. The number of thiazole rings is 1. The van der Waals surface area contributed by atoms with Gasteiger partial charge in [-0.25, -0.2) is 14.8 Å². The van der Waals surface area contributed by atoms with Crippen molar-refractivity contribution < 1.29 is 9.90 Å². The van der Waals surface area contributed by atoms with E-state index in [-0.39, 0.29) is 5.69 Å². The van der Waals surface area contributed by atoms with Crippen LogP contribution < -0.4 is 4.90 Å². The SMILES string of the molecule is O=C(O)c1csc(-n2nc(-c3ccccc3)c3ccc(N4CCC4)nc32)n1. The van der Waals surface area contributed by atoms with Crippen molar-refractivity contribution in [2.45, 2.75) is 6.42 Å². The van der Waals surface area contributed by atoms with E-state index in [4.69, 9.17) is 10.1 Å². The second-order valence-electron chi connectivity index (χ2n) is 6.33. The van der Waals surface area contributed by atoms with Crippen LogP contribution in [0.4, 0.5) is 5.82 Å². The van der Waals surface area contributed by atoms with Gasteiger partial charge >= 0.3 is 5.97 Å². The second kappa shape index (κ2) is 6.17. The Labute approximate surface area is 158 Å². The largest absolute Gasteiger partial charge is 0.476 e. The van der Waals surface area contributed by atoms with Crippen molar-refractivity contribution >= 4 is 34.2 Å². The Balaban J connectivity index is 1.73. The first kappa shape index (κ1) is 16.0. The molecule has 1 aliphatic heterocycles. The summed E-state index contributed by atoms with van der Waals surface area (Å²) in [7, 11) is 0. The van der Waals surface area contributed by atoms with Gasteiger partial charge in [0.2, 0.25) is 5.13 Å². The molecule has 1 saturated heterocycles. The van der Waals surface area contributed by atoms with Crippen molar-refractivity contribution in [1.82, 2.24) is 19.7 Å². The zero-order valence-electron chi connectivity index (χ0n) is 14.2. The molecule has 1 N–H and O–H groups in total. The summed E-state index contributed by atoms with van der Waals surface area (Å²) in [6.07, 6.45) is 1.17. The summed E-state index contributed by atoms with van der Waals surface area (Å²) >= 11 is 1.24. The zero-order valence-corrected chi connectivity index (χ0v) is 15.1. The predicted octanol–water partition coefficient (Wildman–Crippen LogP) is 3.45. The molecule has 0 radical (unpaired) electrons. The highest BCUT2D eigenvalue weighted by Crippen LogP contribution is 2.32. The van der Waals surface area contributed by atoms with Crippen LogP contribution in [0.1, 0.15) is 16.9 Å². The molecule has 4 heterocycles. The molecule has 7 nitrogen and oxygen atoms in total. The number of fused-ring (bicyclic) bond motifs is 1. The molecule has 0 atom stereocenters. The van der Waals surface area contributed by atoms with Crippen molar-refractivity contribution in [2.75, 3.05) is 18.0 Å². The summed E-state index contributed by atoms with van der Waals surface area (Å²) in [5.74, 6) is -0.143. The Morgan fingerprint density at radius 2 is 1.89 bits per heavy atom. The van der Waals surface area contributed by atoms with Crippen molar-refractivity contribution in [2.24, 2.45) is 0 Å². The fourth-order valence-corrected chi connectivity index (χ4v) is 3.86. The number of pyridine rings is 1. The summed E-state index contributed by atoms with van der Waals surface area (Å²) in [5, 5.41) is 16.9. The Morgan fingerprint density at radius 1 is 1.07 bits per heavy atom. The van der Waals surface area contributed by atoms with Crippen molar-refractivity contribution in [3.05, 3.63) is 53.5 Å². The fourth-order valence-electron chi connectivity index (χ4n) is 3.11. The number of hydrogen-bond acceptors (Lipinski definition) is 6. The molecule has 1 fully saturated rings. The quantitative estimate of drug-likeness (QED) is 0.586. The van der Waals surface area contributed by atoms with E-state index in [0.717, 1.165) is 35.6 Å². The standard InChI is InChI=1S/C19H15N5O2S/c25-18(26)14-11-27-19(20-14)24-17-13(7-8-15(21-17)23-9-4-10-23)16(22-24)12-5-2-1-3-6-12/h1-3,5-8,11H,4,9-10H2,(H,25,26). The molecule has 27 heavy (non-hydrogen) atoms. The molecule has 0 aliphatic carbocycles. The molecule has 4 aromatic rings. The number of carbonyl (C=O) groups is 1. The number of carboxylic acid groups (broad SMARTS) is 1. The maximum absolute atomic E-state index is 11.2. The van der Waals surface area contributed by atoms with Gasteiger partial charge in [-0.05, 0) is 18.6 Å². The van der Waals surface area contributed by atoms with Crippen molar-refractivity contribution in [3.8, 4) is 16.4 Å². The number of carboxylic acids is 1. The van der Waals surface area contributed by atoms with Crippen LogP contribution in [-0.4, -0.2) is 43.9 Å². The molecular formula is C19H15N5O2S. The average Bonchev–Trinajstić information content (AvgIpc) is 3.25. The number of aromatic carboxylic acids is 1. The second-order valence-corrected chi connectivity index (χ2v) is 7.16. The topological polar surface area (TPSA) is 84.1 Å². The molecule has 8 heteroatoms. The number of aromatic nitrogens is 4. The van der Waals surface area contributed by atoms with Gasteiger partial charge in [-0.15, -0.1) is 11.3 Å². The Bertz CT molecular complexity index is 1150. The monoisotopic (exact) mass is 377 g/mol. The summed E-state index contributed by atoms with van der Waals surface area (Å²) in [5.41, 5.74) is 2.48. The molecule has 0 amide bonds. The normalized spacial score (nSPS) is 13.7. The highest BCUT2D eigenvalue weighted by Gasteiger charge is 2.21. The summed E-state index contributed by atoms with van der Waals surface area (Å²) in [4.78, 5) is 22.5. The van der Waals surface area contributed by atoms with E-state index >= 15 is 0 Å². The van der Waals surface area contributed by atoms with Crippen LogP contribution in [0.2, 0.25) is 0 Å². The maximum Gasteiger partial charge on any atom is 0.355 e. The summed E-state index contributed by atoms with van der Waals surface area (Å²) in [6, 6.07) is 13.9. The first-order valence-corrected chi connectivity index (χ1v) is 9.48. The zero-order chi connectivity index (χ0) is 18.4. The molecule has 0 saturated carbocycles. The van der Waals surface area contributed by atoms with Crippen molar-refractivity contribution in [1.29, 1.82) is 0 Å². The molecule has 134 valence electrons. The van der Waals surface area contributed by atoms with E-state index in [2.05, 4.69) is 9.88 Å². The van der Waals surface area contributed by atoms with Crippen LogP contribution in [0.3, 0.4) is 0 Å². The van der Waals surface area contributed by atoms with Gasteiger partial charge in [0, 0.05) is 29.4 Å². The molecule has 3 aromatic heterocycles. The number of nitrogens with zero attached hydrogens (tertiary/aromatic N) is 5. The van der Waals surface area contributed by atoms with E-state index in [9.17, 15) is 9.90 Å². The summed E-state index contributed by atoms with van der Waals surface area (Å²) in [6.45, 7) is 2.00. The number of benzene rings is 1. The fraction of sp³-hybridized carbons (Fsp3) is 0.158. The van der Waals surface area contributed by atoms with Crippen LogP contribution >= 0.6 is 11.3 Å². The van der Waals surface area contributed by atoms with E-state index < -0.39 is 5.97 Å². The minimum atomic E-state index is -1.05. The van der Waals surface area contributed by atoms with E-state index in [1.54, 1.807) is 4.68 Å². The molecule has 0 unspecified atom stereocenters. The highest BCUT2D eigenvalue weighted by atomic mass is 32.1. The highest BCUT2D eigenvalue weighted by molar-refractivity contribution is 7.12. The minimum absolute atomic E-state index is 0.0128. The first-order chi connectivity index (χ1) is 13.2. The van der Waals surface area contributed by atoms with Crippen LogP contribution in [0.25, 0.3) is 27.4 Å². The van der Waals surface area contributed by atoms with Crippen molar-refractivity contribution in [3.63, 3.8) is 0 Å². The smallest absolute Gasteiger partial charge is 0.355 e. The number of rotatable bonds is 4. The third-order valence-corrected chi connectivity index (χ3v) is 5.45. The molecule has 0 spiro atoms. The van der Waals surface area contributed by atoms with Crippen LogP contribution in [-0.2, 0) is 0 Å². The average molecular weight is 377 g/mol. The molecular weight excluding hydrogens is 362 g/mol. The molecule has 0 bridgehead atoms. The Morgan fingerprint density at radius 3 is 2.56 bits per heavy atom. The summed E-state index contributed by atoms with van der Waals surface area (Å²) < 4.78 is 1.65. The third-order valence-electron chi connectivity index (χ3n) is 4.64. The van der Waals surface area contributed by atoms with Gasteiger partial charge in [-0.3, -0.25) is 0 Å². The van der Waals surface area contributed by atoms with Crippen LogP contribution in [0, 0.1) is 0 Å². The Hall–Kier alpha value is -3.26. The number of anilines is 1. The van der Waals surface area contributed by atoms with Gasteiger partial charge in [-0.2, -0.15) is 9.78 Å². The first-order valence-electron chi connectivity index (χ1n) is 8.60. The third kappa shape index (κ3) is 2.65.